The van der Waals surface area contributed by atoms with E-state index in [1.807, 2.05) is 0 Å². The molecule has 1 aromatic heterocycles. The average Bonchev–Trinajstić information content (AvgIpc) is 3.47. The van der Waals surface area contributed by atoms with Crippen molar-refractivity contribution < 1.29 is 42.2 Å². The third-order valence-corrected chi connectivity index (χ3v) is 8.64. The Morgan fingerprint density at radius 2 is 1.91 bits per heavy atom. The molecular formula is C29H31F2N4O8P. The number of carbonyl (C=O) groups is 2. The fourth-order valence-electron chi connectivity index (χ4n) is 5.40. The molecule has 1 unspecified atom stereocenters. The largest absolute Gasteiger partial charge is 0.482 e. The maximum atomic E-state index is 14.2. The maximum absolute atomic E-state index is 14.2. The van der Waals surface area contributed by atoms with Crippen molar-refractivity contribution in [1.29, 1.82) is 0 Å². The Morgan fingerprint density at radius 1 is 1.16 bits per heavy atom. The number of likely N-dealkylation sites (N-methyl/N-ethyl adjacent to an activating group) is 1. The molecular weight excluding hydrogens is 601 g/mol. The van der Waals surface area contributed by atoms with E-state index in [4.69, 9.17) is 9.47 Å². The van der Waals surface area contributed by atoms with Crippen molar-refractivity contribution in [2.45, 2.75) is 31.7 Å². The van der Waals surface area contributed by atoms with Gasteiger partial charge in [0.15, 0.2) is 17.1 Å². The Kier molecular flexibility index (Phi) is 8.89. The van der Waals surface area contributed by atoms with E-state index in [-0.39, 0.29) is 50.6 Å². The lowest BCUT2D eigenvalue weighted by molar-refractivity contribution is 0.0298. The first-order chi connectivity index (χ1) is 20.9. The Morgan fingerprint density at radius 3 is 2.57 bits per heavy atom. The number of benzene rings is 2. The van der Waals surface area contributed by atoms with E-state index < -0.39 is 59.6 Å². The molecule has 0 bridgehead atoms. The average molecular weight is 633 g/mol. The van der Waals surface area contributed by atoms with Crippen LogP contribution in [0.5, 0.6) is 5.75 Å². The quantitative estimate of drug-likeness (QED) is 0.286. The van der Waals surface area contributed by atoms with Crippen molar-refractivity contribution >= 4 is 19.4 Å². The van der Waals surface area contributed by atoms with Gasteiger partial charge in [-0.05, 0) is 18.1 Å². The van der Waals surface area contributed by atoms with Crippen LogP contribution in [-0.2, 0) is 22.5 Å². The molecule has 15 heteroatoms. The van der Waals surface area contributed by atoms with Crippen LogP contribution < -0.4 is 20.5 Å². The molecule has 3 aromatic rings. The first-order valence-electron chi connectivity index (χ1n) is 13.8. The summed E-state index contributed by atoms with van der Waals surface area (Å²) in [6, 6.07) is 11.7. The SMILES string of the molecule is CN1C(=O)c2c(OCc3ccccc3)c(=O)c(C(=O)NCc3ccc(F)cc3F)cn2N(CCCP(=O)(O)O)C12CCOC2. The minimum atomic E-state index is -4.36. The highest BCUT2D eigenvalue weighted by Crippen LogP contribution is 2.38. The normalized spacial score (nSPS) is 18.1. The highest BCUT2D eigenvalue weighted by molar-refractivity contribution is 7.51. The van der Waals surface area contributed by atoms with Crippen LogP contribution in [0.1, 0.15) is 44.8 Å². The molecule has 0 radical (unpaired) electrons. The van der Waals surface area contributed by atoms with Crippen LogP contribution in [0.25, 0.3) is 0 Å². The molecule has 0 aliphatic carbocycles. The van der Waals surface area contributed by atoms with Gasteiger partial charge in [0.1, 0.15) is 23.8 Å². The molecule has 12 nitrogen and oxygen atoms in total. The smallest absolute Gasteiger partial charge is 0.325 e. The number of ether oxygens (including phenoxy) is 2. The number of rotatable bonds is 10. The van der Waals surface area contributed by atoms with Gasteiger partial charge in [0, 0.05) is 44.4 Å². The van der Waals surface area contributed by atoms with Gasteiger partial charge in [0.2, 0.25) is 5.43 Å². The van der Waals surface area contributed by atoms with E-state index in [0.29, 0.717) is 18.1 Å². The highest BCUT2D eigenvalue weighted by atomic mass is 31.2. The van der Waals surface area contributed by atoms with Crippen molar-refractivity contribution in [3.8, 4) is 5.75 Å². The summed E-state index contributed by atoms with van der Waals surface area (Å²) < 4.78 is 52.2. The fraction of sp³-hybridized carbons (Fsp3) is 0.345. The molecule has 1 spiro atoms. The Labute approximate surface area is 250 Å². The summed E-state index contributed by atoms with van der Waals surface area (Å²) in [5, 5.41) is 4.12. The van der Waals surface area contributed by atoms with Crippen LogP contribution in [0.4, 0.5) is 8.78 Å². The highest BCUT2D eigenvalue weighted by Gasteiger charge is 2.52. The van der Waals surface area contributed by atoms with E-state index in [2.05, 4.69) is 5.32 Å². The van der Waals surface area contributed by atoms with Crippen molar-refractivity contribution in [2.75, 3.05) is 38.0 Å². The predicted octanol–water partition coefficient (Wildman–Crippen LogP) is 2.34. The number of fused-ring (bicyclic) bond motifs is 1. The molecule has 1 fully saturated rings. The summed E-state index contributed by atoms with van der Waals surface area (Å²) in [5.74, 6) is -3.56. The summed E-state index contributed by atoms with van der Waals surface area (Å²) >= 11 is 0. The summed E-state index contributed by atoms with van der Waals surface area (Å²) in [6.45, 7) is -0.115. The lowest BCUT2D eigenvalue weighted by Gasteiger charge is -2.52. The predicted molar refractivity (Wildman–Crippen MR) is 154 cm³/mol. The number of nitrogens with one attached hydrogen (secondary N) is 1. The topological polar surface area (TPSA) is 151 Å². The second kappa shape index (κ2) is 12.5. The molecule has 2 aliphatic rings. The minimum absolute atomic E-state index is 0.00516. The number of aromatic nitrogens is 1. The van der Waals surface area contributed by atoms with Gasteiger partial charge in [-0.2, -0.15) is 0 Å². The molecule has 3 N–H and O–H groups in total. The molecule has 3 heterocycles. The van der Waals surface area contributed by atoms with Crippen LogP contribution in [0.3, 0.4) is 0 Å². The summed E-state index contributed by atoms with van der Waals surface area (Å²) in [5.41, 5.74) is -1.91. The van der Waals surface area contributed by atoms with Crippen LogP contribution in [0, 0.1) is 11.6 Å². The van der Waals surface area contributed by atoms with Crippen LogP contribution in [0.15, 0.2) is 59.5 Å². The van der Waals surface area contributed by atoms with Gasteiger partial charge in [-0.3, -0.25) is 28.6 Å². The first kappa shape index (κ1) is 31.3. The minimum Gasteiger partial charge on any atom is -0.482 e. The maximum Gasteiger partial charge on any atom is 0.325 e. The van der Waals surface area contributed by atoms with Gasteiger partial charge in [-0.15, -0.1) is 0 Å². The van der Waals surface area contributed by atoms with E-state index in [1.54, 1.807) is 42.4 Å². The second-order valence-corrected chi connectivity index (χ2v) is 12.4. The number of hydrogen-bond acceptors (Lipinski definition) is 7. The molecule has 2 aromatic carbocycles. The van der Waals surface area contributed by atoms with Gasteiger partial charge in [-0.1, -0.05) is 36.4 Å². The zero-order chi connectivity index (χ0) is 31.6. The Balaban J connectivity index is 1.60. The zero-order valence-corrected chi connectivity index (χ0v) is 24.6. The van der Waals surface area contributed by atoms with Crippen LogP contribution in [-0.4, -0.2) is 69.8 Å². The van der Waals surface area contributed by atoms with E-state index in [0.717, 1.165) is 6.07 Å². The van der Waals surface area contributed by atoms with E-state index >= 15 is 0 Å². The number of amides is 2. The molecule has 1 saturated heterocycles. The van der Waals surface area contributed by atoms with Gasteiger partial charge >= 0.3 is 7.60 Å². The number of halogens is 2. The molecule has 5 rings (SSSR count). The van der Waals surface area contributed by atoms with E-state index in [1.165, 1.54) is 21.8 Å². The first-order valence-corrected chi connectivity index (χ1v) is 15.6. The summed E-state index contributed by atoms with van der Waals surface area (Å²) in [6.07, 6.45) is 1.07. The molecule has 2 amide bonds. The van der Waals surface area contributed by atoms with Crippen LogP contribution >= 0.6 is 7.60 Å². The fourth-order valence-corrected chi connectivity index (χ4v) is 5.95. The van der Waals surface area contributed by atoms with E-state index in [9.17, 15) is 37.5 Å². The lowest BCUT2D eigenvalue weighted by Crippen LogP contribution is -2.70. The molecule has 234 valence electrons. The monoisotopic (exact) mass is 632 g/mol. The van der Waals surface area contributed by atoms with Gasteiger partial charge in [-0.25, -0.2) is 8.78 Å². The second-order valence-electron chi connectivity index (χ2n) is 10.6. The number of carbonyl (C=O) groups excluding carboxylic acids is 2. The van der Waals surface area contributed by atoms with Gasteiger partial charge < -0.3 is 29.5 Å². The lowest BCUT2D eigenvalue weighted by atomic mass is 10.0. The molecule has 1 atom stereocenters. The zero-order valence-electron chi connectivity index (χ0n) is 23.7. The third-order valence-electron chi connectivity index (χ3n) is 7.74. The van der Waals surface area contributed by atoms with Crippen LogP contribution in [0.2, 0.25) is 0 Å². The number of hydrogen-bond donors (Lipinski definition) is 3. The van der Waals surface area contributed by atoms with Crippen molar-refractivity contribution in [2.24, 2.45) is 0 Å². The summed E-state index contributed by atoms with van der Waals surface area (Å²) in [7, 11) is -2.82. The van der Waals surface area contributed by atoms with Crippen molar-refractivity contribution in [1.82, 2.24) is 14.9 Å². The molecule has 0 saturated carbocycles. The van der Waals surface area contributed by atoms with Crippen molar-refractivity contribution in [3.05, 3.63) is 99.0 Å². The standard InChI is InChI=1S/C29H31F2N4O8P/c1-33-28(38)24-26(43-17-19-6-3-2-4-7-19)25(36)22(27(37)32-15-20-8-9-21(30)14-23(20)31)16-34(24)35(11-5-13-44(39,40)41)29(33)10-12-42-18-29/h2-4,6-9,14,16H,5,10-13,15,17-18H2,1H3,(H,32,37)(H2,39,40,41). The third kappa shape index (κ3) is 6.25. The summed E-state index contributed by atoms with van der Waals surface area (Å²) in [4.78, 5) is 61.5. The number of pyridine rings is 1. The number of nitrogens with zero attached hydrogens (tertiary/aromatic N) is 3. The van der Waals surface area contributed by atoms with Crippen molar-refractivity contribution in [3.63, 3.8) is 0 Å². The Hall–Kier alpha value is -4.10. The Bertz CT molecular complexity index is 1670. The van der Waals surface area contributed by atoms with Gasteiger partial charge in [0.25, 0.3) is 11.8 Å². The molecule has 2 aliphatic heterocycles. The molecule has 44 heavy (non-hydrogen) atoms. The van der Waals surface area contributed by atoms with Gasteiger partial charge in [0.05, 0.1) is 19.4 Å².